The van der Waals surface area contributed by atoms with Crippen molar-refractivity contribution < 1.29 is 39.2 Å². The molecule has 154 valence electrons. The van der Waals surface area contributed by atoms with Gasteiger partial charge >= 0.3 is 5.97 Å². The van der Waals surface area contributed by atoms with E-state index in [0.29, 0.717) is 0 Å². The van der Waals surface area contributed by atoms with Crippen LogP contribution in [0, 0.1) is 0 Å². The Balaban J connectivity index is 2.33. The van der Waals surface area contributed by atoms with Crippen LogP contribution in [0.5, 0.6) is 11.5 Å². The standard InChI is InChI=1S/C22H18O8/c1-3-11(23)9-15(25)17-10(8-16(26)30-2)7-13-19(21(17)28)22(29)18-12(20(13)27)5-4-6-14(18)24/h4-7,9,24-25,28H,3,8H2,1-2H3/b15-9-. The zero-order valence-electron chi connectivity index (χ0n) is 16.2. The van der Waals surface area contributed by atoms with Gasteiger partial charge in [-0.1, -0.05) is 19.1 Å². The molecule has 0 saturated heterocycles. The molecule has 0 radical (unpaired) electrons. The van der Waals surface area contributed by atoms with Crippen LogP contribution >= 0.6 is 0 Å². The van der Waals surface area contributed by atoms with E-state index in [4.69, 9.17) is 0 Å². The summed E-state index contributed by atoms with van der Waals surface area (Å²) in [5.74, 6) is -4.51. The summed E-state index contributed by atoms with van der Waals surface area (Å²) in [6, 6.07) is 5.20. The summed E-state index contributed by atoms with van der Waals surface area (Å²) in [5, 5.41) is 31.4. The second kappa shape index (κ2) is 7.82. The minimum atomic E-state index is -0.823. The normalized spacial score (nSPS) is 12.9. The quantitative estimate of drug-likeness (QED) is 0.331. The molecule has 0 aliphatic heterocycles. The monoisotopic (exact) mass is 410 g/mol. The molecule has 0 atom stereocenters. The summed E-state index contributed by atoms with van der Waals surface area (Å²) >= 11 is 0. The number of ketones is 3. The van der Waals surface area contributed by atoms with Crippen LogP contribution in [0.1, 0.15) is 56.3 Å². The Morgan fingerprint density at radius 3 is 2.40 bits per heavy atom. The molecule has 0 heterocycles. The van der Waals surface area contributed by atoms with Gasteiger partial charge in [0.15, 0.2) is 11.6 Å². The van der Waals surface area contributed by atoms with Gasteiger partial charge in [0, 0.05) is 23.6 Å². The van der Waals surface area contributed by atoms with Gasteiger partial charge in [0.05, 0.1) is 30.2 Å². The number of phenols is 2. The Kier molecular flexibility index (Phi) is 5.42. The fourth-order valence-corrected chi connectivity index (χ4v) is 3.35. The Hall–Kier alpha value is -3.94. The summed E-state index contributed by atoms with van der Waals surface area (Å²) in [6.45, 7) is 1.57. The lowest BCUT2D eigenvalue weighted by Crippen LogP contribution is -2.23. The number of allylic oxidation sites excluding steroid dienone is 1. The molecule has 30 heavy (non-hydrogen) atoms. The van der Waals surface area contributed by atoms with Crippen molar-refractivity contribution >= 4 is 29.1 Å². The number of phenolic OH excluding ortho intramolecular Hbond substituents is 2. The number of carbonyl (C=O) groups excluding carboxylic acids is 4. The Morgan fingerprint density at radius 2 is 1.77 bits per heavy atom. The van der Waals surface area contributed by atoms with Crippen molar-refractivity contribution in [3.63, 3.8) is 0 Å². The first-order valence-corrected chi connectivity index (χ1v) is 9.02. The molecule has 8 nitrogen and oxygen atoms in total. The van der Waals surface area contributed by atoms with Crippen LogP contribution in [0.4, 0.5) is 0 Å². The third-order valence-corrected chi connectivity index (χ3v) is 4.83. The highest BCUT2D eigenvalue weighted by atomic mass is 16.5. The van der Waals surface area contributed by atoms with E-state index >= 15 is 0 Å². The molecule has 0 aromatic heterocycles. The molecule has 0 amide bonds. The maximum atomic E-state index is 13.0. The van der Waals surface area contributed by atoms with Gasteiger partial charge in [-0.15, -0.1) is 0 Å². The molecule has 2 aromatic carbocycles. The highest BCUT2D eigenvalue weighted by Gasteiger charge is 2.36. The lowest BCUT2D eigenvalue weighted by Gasteiger charge is -2.22. The lowest BCUT2D eigenvalue weighted by atomic mass is 9.80. The van der Waals surface area contributed by atoms with Gasteiger partial charge in [-0.2, -0.15) is 0 Å². The second-order valence-electron chi connectivity index (χ2n) is 6.64. The number of esters is 1. The largest absolute Gasteiger partial charge is 0.507 e. The van der Waals surface area contributed by atoms with Crippen molar-refractivity contribution in [2.75, 3.05) is 7.11 Å². The molecular weight excluding hydrogens is 392 g/mol. The van der Waals surface area contributed by atoms with Crippen molar-refractivity contribution in [2.24, 2.45) is 0 Å². The SMILES string of the molecule is CCC(=O)/C=C(\O)c1c(CC(=O)OC)cc2c(c1O)C(=O)c1c(O)cccc1C2=O. The van der Waals surface area contributed by atoms with E-state index in [1.54, 1.807) is 6.92 Å². The van der Waals surface area contributed by atoms with Gasteiger partial charge in [-0.25, -0.2) is 0 Å². The highest BCUT2D eigenvalue weighted by molar-refractivity contribution is 6.30. The number of carbonyl (C=O) groups is 4. The molecule has 2 aromatic rings. The first-order chi connectivity index (χ1) is 14.2. The van der Waals surface area contributed by atoms with Crippen molar-refractivity contribution in [3.8, 4) is 11.5 Å². The number of aliphatic hydroxyl groups is 1. The second-order valence-corrected chi connectivity index (χ2v) is 6.64. The van der Waals surface area contributed by atoms with Crippen LogP contribution in [0.15, 0.2) is 30.3 Å². The van der Waals surface area contributed by atoms with Crippen LogP contribution < -0.4 is 0 Å². The first kappa shape index (κ1) is 20.8. The minimum absolute atomic E-state index is 0.000469. The number of rotatable bonds is 5. The summed E-state index contributed by atoms with van der Waals surface area (Å²) in [4.78, 5) is 49.5. The van der Waals surface area contributed by atoms with Gasteiger partial charge in [-0.3, -0.25) is 19.2 Å². The number of ether oxygens (including phenoxy) is 1. The maximum Gasteiger partial charge on any atom is 0.310 e. The summed E-state index contributed by atoms with van der Waals surface area (Å²) in [5.41, 5.74) is -1.27. The summed E-state index contributed by atoms with van der Waals surface area (Å²) in [7, 11) is 1.14. The van der Waals surface area contributed by atoms with E-state index in [-0.39, 0.29) is 34.2 Å². The molecule has 0 unspecified atom stereocenters. The fraction of sp³-hybridized carbons (Fsp3) is 0.182. The third-order valence-electron chi connectivity index (χ3n) is 4.83. The van der Waals surface area contributed by atoms with Gasteiger partial charge in [-0.05, 0) is 17.7 Å². The van der Waals surface area contributed by atoms with E-state index in [0.717, 1.165) is 13.2 Å². The van der Waals surface area contributed by atoms with Crippen molar-refractivity contribution in [2.45, 2.75) is 19.8 Å². The van der Waals surface area contributed by atoms with Crippen LogP contribution in [-0.2, 0) is 20.7 Å². The topological polar surface area (TPSA) is 138 Å². The zero-order chi connectivity index (χ0) is 22.2. The number of hydrogen-bond donors (Lipinski definition) is 3. The van der Waals surface area contributed by atoms with E-state index in [9.17, 15) is 34.5 Å². The van der Waals surface area contributed by atoms with Gasteiger partial charge in [0.2, 0.25) is 5.78 Å². The molecule has 0 fully saturated rings. The number of aromatic hydroxyl groups is 2. The summed E-state index contributed by atoms with van der Waals surface area (Å²) in [6.07, 6.45) is 0.503. The number of fused-ring (bicyclic) bond motifs is 2. The van der Waals surface area contributed by atoms with Crippen LogP contribution in [0.25, 0.3) is 5.76 Å². The zero-order valence-corrected chi connectivity index (χ0v) is 16.2. The van der Waals surface area contributed by atoms with Crippen molar-refractivity contribution in [1.82, 2.24) is 0 Å². The predicted molar refractivity (Wildman–Crippen MR) is 105 cm³/mol. The Bertz CT molecular complexity index is 1140. The Morgan fingerprint density at radius 1 is 1.07 bits per heavy atom. The van der Waals surface area contributed by atoms with E-state index in [1.165, 1.54) is 24.3 Å². The third kappa shape index (κ3) is 3.32. The molecule has 3 rings (SSSR count). The molecule has 0 bridgehead atoms. The highest BCUT2D eigenvalue weighted by Crippen LogP contribution is 2.41. The average molecular weight is 410 g/mol. The number of hydrogen-bond acceptors (Lipinski definition) is 8. The maximum absolute atomic E-state index is 13.0. The van der Waals surface area contributed by atoms with Crippen molar-refractivity contribution in [1.29, 1.82) is 0 Å². The number of methoxy groups -OCH3 is 1. The number of benzene rings is 2. The molecule has 1 aliphatic carbocycles. The minimum Gasteiger partial charge on any atom is -0.507 e. The molecule has 3 N–H and O–H groups in total. The first-order valence-electron chi connectivity index (χ1n) is 9.02. The molecule has 0 saturated carbocycles. The fourth-order valence-electron chi connectivity index (χ4n) is 3.35. The molecule has 8 heteroatoms. The molecule has 1 aliphatic rings. The molecule has 0 spiro atoms. The Labute approximate surface area is 171 Å². The summed E-state index contributed by atoms with van der Waals surface area (Å²) < 4.78 is 4.62. The van der Waals surface area contributed by atoms with E-state index in [2.05, 4.69) is 4.74 Å². The van der Waals surface area contributed by atoms with Gasteiger partial charge in [0.25, 0.3) is 0 Å². The van der Waals surface area contributed by atoms with E-state index in [1.807, 2.05) is 0 Å². The average Bonchev–Trinajstić information content (AvgIpc) is 2.71. The van der Waals surface area contributed by atoms with Gasteiger partial charge in [0.1, 0.15) is 17.3 Å². The predicted octanol–water partition coefficient (Wildman–Crippen LogP) is 2.47. The van der Waals surface area contributed by atoms with Crippen LogP contribution in [0.3, 0.4) is 0 Å². The number of aliphatic hydroxyl groups excluding tert-OH is 1. The lowest BCUT2D eigenvalue weighted by molar-refractivity contribution is -0.139. The smallest absolute Gasteiger partial charge is 0.310 e. The van der Waals surface area contributed by atoms with Gasteiger partial charge < -0.3 is 20.1 Å². The van der Waals surface area contributed by atoms with E-state index < -0.39 is 52.6 Å². The van der Waals surface area contributed by atoms with Crippen LogP contribution in [0.2, 0.25) is 0 Å². The van der Waals surface area contributed by atoms with Crippen LogP contribution in [-0.4, -0.2) is 45.7 Å². The van der Waals surface area contributed by atoms with Crippen molar-refractivity contribution in [3.05, 3.63) is 63.7 Å². The molecular formula is C22H18O8.